The van der Waals surface area contributed by atoms with E-state index >= 15 is 0 Å². The maximum absolute atomic E-state index is 12.4. The molecule has 0 fully saturated rings. The maximum atomic E-state index is 12.4. The number of thioether (sulfide) groups is 1. The van der Waals surface area contributed by atoms with Crippen LogP contribution in [-0.2, 0) is 6.18 Å². The number of nitrogens with two attached hydrogens (primary N) is 1. The van der Waals surface area contributed by atoms with Gasteiger partial charge in [-0.15, -0.1) is 11.8 Å². The van der Waals surface area contributed by atoms with Crippen molar-refractivity contribution >= 4 is 11.8 Å². The first kappa shape index (κ1) is 15.9. The maximum Gasteiger partial charge on any atom is 0.417 e. The van der Waals surface area contributed by atoms with Crippen LogP contribution in [0.5, 0.6) is 0 Å². The van der Waals surface area contributed by atoms with Crippen molar-refractivity contribution in [2.75, 3.05) is 5.75 Å². The van der Waals surface area contributed by atoms with E-state index < -0.39 is 11.7 Å². The van der Waals surface area contributed by atoms with Gasteiger partial charge in [0.25, 0.3) is 0 Å². The molecule has 1 heterocycles. The minimum absolute atomic E-state index is 0.181. The monoisotopic (exact) mass is 312 g/mol. The second kappa shape index (κ2) is 6.49. The first-order valence-electron chi connectivity index (χ1n) is 6.34. The molecule has 1 atom stereocenters. The summed E-state index contributed by atoms with van der Waals surface area (Å²) in [6.07, 6.45) is -3.51. The molecule has 0 saturated carbocycles. The van der Waals surface area contributed by atoms with Gasteiger partial charge in [-0.2, -0.15) is 13.2 Å². The van der Waals surface area contributed by atoms with E-state index in [0.717, 1.165) is 23.4 Å². The van der Waals surface area contributed by atoms with Gasteiger partial charge in [-0.3, -0.25) is 0 Å². The van der Waals surface area contributed by atoms with Gasteiger partial charge in [0, 0.05) is 18.0 Å². The van der Waals surface area contributed by atoms with Crippen LogP contribution in [0.2, 0.25) is 0 Å². The molecule has 0 radical (unpaired) electrons. The van der Waals surface area contributed by atoms with E-state index in [1.54, 1.807) is 0 Å². The quantitative estimate of drug-likeness (QED) is 0.860. The number of rotatable bonds is 4. The molecule has 1 unspecified atom stereocenters. The summed E-state index contributed by atoms with van der Waals surface area (Å²) in [5, 5.41) is 0.533. The average molecular weight is 312 g/mol. The van der Waals surface area contributed by atoms with Crippen LogP contribution in [0.1, 0.15) is 22.7 Å². The van der Waals surface area contributed by atoms with Gasteiger partial charge in [-0.1, -0.05) is 29.8 Å². The van der Waals surface area contributed by atoms with Crippen molar-refractivity contribution in [3.63, 3.8) is 0 Å². The molecule has 1 aromatic heterocycles. The second-order valence-corrected chi connectivity index (χ2v) is 5.75. The smallest absolute Gasteiger partial charge is 0.323 e. The molecule has 0 spiro atoms. The lowest BCUT2D eigenvalue weighted by atomic mass is 10.1. The van der Waals surface area contributed by atoms with Crippen molar-refractivity contribution in [1.29, 1.82) is 0 Å². The number of aromatic nitrogens is 1. The highest BCUT2D eigenvalue weighted by molar-refractivity contribution is 7.99. The van der Waals surface area contributed by atoms with Crippen LogP contribution < -0.4 is 5.73 Å². The Labute approximate surface area is 125 Å². The largest absolute Gasteiger partial charge is 0.417 e. The summed E-state index contributed by atoms with van der Waals surface area (Å²) >= 11 is 1.34. The van der Waals surface area contributed by atoms with Crippen molar-refractivity contribution in [3.05, 3.63) is 59.3 Å². The number of benzene rings is 1. The molecule has 0 amide bonds. The van der Waals surface area contributed by atoms with Gasteiger partial charge < -0.3 is 5.73 Å². The Balaban J connectivity index is 1.95. The van der Waals surface area contributed by atoms with Gasteiger partial charge in [0.1, 0.15) is 0 Å². The van der Waals surface area contributed by atoms with Crippen molar-refractivity contribution in [2.45, 2.75) is 24.2 Å². The third-order valence-electron chi connectivity index (χ3n) is 2.98. The minimum Gasteiger partial charge on any atom is -0.323 e. The van der Waals surface area contributed by atoms with Crippen molar-refractivity contribution in [1.82, 2.24) is 4.98 Å². The second-order valence-electron chi connectivity index (χ2n) is 4.71. The van der Waals surface area contributed by atoms with E-state index in [2.05, 4.69) is 4.98 Å². The normalized spacial score (nSPS) is 13.2. The first-order chi connectivity index (χ1) is 9.86. The lowest BCUT2D eigenvalue weighted by Gasteiger charge is -2.12. The fourth-order valence-electron chi connectivity index (χ4n) is 1.72. The number of hydrogen-bond donors (Lipinski definition) is 1. The van der Waals surface area contributed by atoms with Gasteiger partial charge >= 0.3 is 6.18 Å². The molecule has 21 heavy (non-hydrogen) atoms. The third-order valence-corrected chi connectivity index (χ3v) is 4.04. The summed E-state index contributed by atoms with van der Waals surface area (Å²) in [7, 11) is 0. The molecular weight excluding hydrogens is 297 g/mol. The Morgan fingerprint density at radius 2 is 1.81 bits per heavy atom. The molecule has 2 N–H and O–H groups in total. The van der Waals surface area contributed by atoms with Crippen LogP contribution in [0.25, 0.3) is 0 Å². The van der Waals surface area contributed by atoms with Gasteiger partial charge in [0.2, 0.25) is 0 Å². The van der Waals surface area contributed by atoms with Gasteiger partial charge in [0.15, 0.2) is 0 Å². The molecular formula is C15H15F3N2S. The number of pyridine rings is 1. The topological polar surface area (TPSA) is 38.9 Å². The molecule has 0 aliphatic rings. The molecule has 0 bridgehead atoms. The highest BCUT2D eigenvalue weighted by Crippen LogP contribution is 2.30. The predicted octanol–water partition coefficient (Wildman–Crippen LogP) is 4.20. The van der Waals surface area contributed by atoms with E-state index in [9.17, 15) is 13.2 Å². The van der Waals surface area contributed by atoms with Crippen LogP contribution in [0.3, 0.4) is 0 Å². The minimum atomic E-state index is -4.35. The number of nitrogens with zero attached hydrogens (tertiary/aromatic N) is 1. The van der Waals surface area contributed by atoms with Crippen molar-refractivity contribution in [2.24, 2.45) is 5.73 Å². The zero-order chi connectivity index (χ0) is 15.5. The summed E-state index contributed by atoms with van der Waals surface area (Å²) in [6, 6.07) is 10.1. The van der Waals surface area contributed by atoms with E-state index in [1.165, 1.54) is 17.8 Å². The van der Waals surface area contributed by atoms with Crippen molar-refractivity contribution < 1.29 is 13.2 Å². The van der Waals surface area contributed by atoms with Gasteiger partial charge in [0.05, 0.1) is 10.6 Å². The number of aryl methyl sites for hydroxylation is 1. The zero-order valence-electron chi connectivity index (χ0n) is 11.4. The van der Waals surface area contributed by atoms with Crippen LogP contribution in [0, 0.1) is 6.92 Å². The molecule has 112 valence electrons. The Hall–Kier alpha value is -1.53. The van der Waals surface area contributed by atoms with Crippen LogP contribution in [0.4, 0.5) is 13.2 Å². The summed E-state index contributed by atoms with van der Waals surface area (Å²) in [5.74, 6) is 0.557. The summed E-state index contributed by atoms with van der Waals surface area (Å²) in [6.45, 7) is 2.00. The fourth-order valence-corrected chi connectivity index (χ4v) is 2.55. The summed E-state index contributed by atoms with van der Waals surface area (Å²) in [5.41, 5.74) is 7.48. The highest BCUT2D eigenvalue weighted by Gasteiger charge is 2.30. The SMILES string of the molecule is Cc1ccc(C(N)CSc2ccc(C(F)(F)F)cn2)cc1. The van der Waals surface area contributed by atoms with Crippen LogP contribution >= 0.6 is 11.8 Å². The molecule has 6 heteroatoms. The van der Waals surface area contributed by atoms with Gasteiger partial charge in [-0.05, 0) is 24.6 Å². The average Bonchev–Trinajstić information content (AvgIpc) is 2.45. The Morgan fingerprint density at radius 3 is 2.33 bits per heavy atom. The lowest BCUT2D eigenvalue weighted by Crippen LogP contribution is -2.13. The molecule has 2 rings (SSSR count). The standard InChI is InChI=1S/C15H15F3N2S/c1-10-2-4-11(5-3-10)13(19)9-21-14-7-6-12(8-20-14)15(16,17)18/h2-8,13H,9,19H2,1H3. The Bertz CT molecular complexity index is 579. The van der Waals surface area contributed by atoms with Crippen molar-refractivity contribution in [3.8, 4) is 0 Å². The fraction of sp³-hybridized carbons (Fsp3) is 0.267. The number of hydrogen-bond acceptors (Lipinski definition) is 3. The molecule has 2 nitrogen and oxygen atoms in total. The Kier molecular flexibility index (Phi) is 4.90. The van der Waals surface area contributed by atoms with E-state index in [1.807, 2.05) is 31.2 Å². The van der Waals surface area contributed by atoms with E-state index in [-0.39, 0.29) is 6.04 Å². The van der Waals surface area contributed by atoms with E-state index in [4.69, 9.17) is 5.73 Å². The number of halogens is 3. The number of alkyl halides is 3. The molecule has 1 aromatic carbocycles. The van der Waals surface area contributed by atoms with Gasteiger partial charge in [-0.25, -0.2) is 4.98 Å². The van der Waals surface area contributed by atoms with Crippen LogP contribution in [-0.4, -0.2) is 10.7 Å². The molecule has 0 saturated heterocycles. The summed E-state index contributed by atoms with van der Waals surface area (Å²) in [4.78, 5) is 3.81. The summed E-state index contributed by atoms with van der Waals surface area (Å²) < 4.78 is 37.3. The molecule has 0 aliphatic carbocycles. The van der Waals surface area contributed by atoms with Crippen LogP contribution in [0.15, 0.2) is 47.6 Å². The molecule has 2 aromatic rings. The Morgan fingerprint density at radius 1 is 1.14 bits per heavy atom. The molecule has 0 aliphatic heterocycles. The first-order valence-corrected chi connectivity index (χ1v) is 7.33. The predicted molar refractivity (Wildman–Crippen MR) is 78.1 cm³/mol. The highest BCUT2D eigenvalue weighted by atomic mass is 32.2. The lowest BCUT2D eigenvalue weighted by molar-refractivity contribution is -0.137. The van der Waals surface area contributed by atoms with E-state index in [0.29, 0.717) is 10.8 Å². The third kappa shape index (κ3) is 4.47. The zero-order valence-corrected chi connectivity index (χ0v) is 12.2.